The van der Waals surface area contributed by atoms with Crippen molar-refractivity contribution in [3.8, 4) is 0 Å². The third-order valence-electron chi connectivity index (χ3n) is 3.07. The van der Waals surface area contributed by atoms with E-state index in [9.17, 15) is 4.79 Å². The molecule has 1 unspecified atom stereocenters. The van der Waals surface area contributed by atoms with E-state index in [0.29, 0.717) is 17.9 Å². The molecule has 2 aromatic heterocycles. The highest BCUT2D eigenvalue weighted by molar-refractivity contribution is 5.20. The number of aromatic nitrogens is 4. The van der Waals surface area contributed by atoms with E-state index in [2.05, 4.69) is 20.4 Å². The van der Waals surface area contributed by atoms with Crippen LogP contribution in [-0.4, -0.2) is 19.7 Å². The number of hydrogen-bond acceptors (Lipinski definition) is 4. The van der Waals surface area contributed by atoms with Crippen LogP contribution in [0.25, 0.3) is 0 Å². The second-order valence-electron chi connectivity index (χ2n) is 4.78. The summed E-state index contributed by atoms with van der Waals surface area (Å²) in [6.45, 7) is 6.28. The molecule has 0 saturated carbocycles. The van der Waals surface area contributed by atoms with Crippen LogP contribution in [0.1, 0.15) is 35.6 Å². The molecular weight excluding hydrogens is 242 g/mol. The van der Waals surface area contributed by atoms with E-state index in [-0.39, 0.29) is 11.6 Å². The fourth-order valence-corrected chi connectivity index (χ4v) is 2.18. The quantitative estimate of drug-likeness (QED) is 0.860. The van der Waals surface area contributed by atoms with Gasteiger partial charge in [-0.1, -0.05) is 0 Å². The van der Waals surface area contributed by atoms with Crippen LogP contribution < -0.4 is 10.9 Å². The molecule has 6 heteroatoms. The first kappa shape index (κ1) is 13.5. The van der Waals surface area contributed by atoms with Crippen LogP contribution in [0, 0.1) is 13.8 Å². The average Bonchev–Trinajstić information content (AvgIpc) is 2.71. The van der Waals surface area contributed by atoms with E-state index in [0.717, 1.165) is 11.3 Å². The highest BCUT2D eigenvalue weighted by Gasteiger charge is 2.14. The highest BCUT2D eigenvalue weighted by atomic mass is 16.1. The summed E-state index contributed by atoms with van der Waals surface area (Å²) in [5.74, 6) is 0.644. The minimum atomic E-state index is -0.0730. The molecule has 102 valence electrons. The second kappa shape index (κ2) is 5.36. The van der Waals surface area contributed by atoms with Crippen LogP contribution in [0.2, 0.25) is 0 Å². The van der Waals surface area contributed by atoms with E-state index in [1.54, 1.807) is 11.6 Å². The lowest BCUT2D eigenvalue weighted by atomic mass is 10.1. The van der Waals surface area contributed by atoms with Crippen molar-refractivity contribution >= 4 is 0 Å². The van der Waals surface area contributed by atoms with Crippen molar-refractivity contribution in [2.24, 2.45) is 7.05 Å². The molecule has 6 nitrogen and oxygen atoms in total. The minimum Gasteiger partial charge on any atom is -0.310 e. The Kier molecular flexibility index (Phi) is 3.80. The fourth-order valence-electron chi connectivity index (χ4n) is 2.18. The predicted octanol–water partition coefficient (Wildman–Crippen LogP) is 0.971. The lowest BCUT2D eigenvalue weighted by Gasteiger charge is -2.14. The van der Waals surface area contributed by atoms with E-state index in [1.807, 2.05) is 33.3 Å². The molecule has 19 heavy (non-hydrogen) atoms. The number of nitrogens with zero attached hydrogens (tertiary/aromatic N) is 3. The van der Waals surface area contributed by atoms with Gasteiger partial charge in [0, 0.05) is 37.1 Å². The molecule has 0 amide bonds. The molecule has 2 heterocycles. The Morgan fingerprint density at radius 1 is 1.47 bits per heavy atom. The largest absolute Gasteiger partial charge is 0.310 e. The normalized spacial score (nSPS) is 12.6. The molecule has 2 N–H and O–H groups in total. The van der Waals surface area contributed by atoms with Crippen molar-refractivity contribution < 1.29 is 0 Å². The number of H-pyrrole nitrogens is 1. The van der Waals surface area contributed by atoms with E-state index in [1.165, 1.54) is 0 Å². The van der Waals surface area contributed by atoms with E-state index >= 15 is 0 Å². The number of aromatic amines is 1. The maximum Gasteiger partial charge on any atom is 0.255 e. The maximum absolute atomic E-state index is 12.0. The van der Waals surface area contributed by atoms with Crippen molar-refractivity contribution in [2.75, 3.05) is 0 Å². The first-order valence-corrected chi connectivity index (χ1v) is 6.25. The van der Waals surface area contributed by atoms with Crippen LogP contribution >= 0.6 is 0 Å². The minimum absolute atomic E-state index is 0.0583. The summed E-state index contributed by atoms with van der Waals surface area (Å²) in [7, 11) is 1.88. The molecule has 0 aliphatic carbocycles. The average molecular weight is 261 g/mol. The van der Waals surface area contributed by atoms with Crippen molar-refractivity contribution in [2.45, 2.75) is 33.4 Å². The molecule has 0 bridgehead atoms. The Morgan fingerprint density at radius 2 is 2.21 bits per heavy atom. The van der Waals surface area contributed by atoms with Crippen LogP contribution in [0.3, 0.4) is 0 Å². The molecule has 1 atom stereocenters. The summed E-state index contributed by atoms with van der Waals surface area (Å²) in [6.07, 6.45) is 3.76. The standard InChI is InChI=1S/C13H19N5O/c1-8(14-5-11-6-15-18(4)7-11)12-9(2)16-10(3)17-13(12)19/h6-8,14H,5H2,1-4H3,(H,16,17,19). The van der Waals surface area contributed by atoms with Crippen LogP contribution in [-0.2, 0) is 13.6 Å². The van der Waals surface area contributed by atoms with Gasteiger partial charge in [0.15, 0.2) is 0 Å². The van der Waals surface area contributed by atoms with Gasteiger partial charge in [-0.05, 0) is 20.8 Å². The van der Waals surface area contributed by atoms with Crippen molar-refractivity contribution in [1.82, 2.24) is 25.1 Å². The number of aryl methyl sites for hydroxylation is 3. The molecule has 0 aliphatic rings. The first-order chi connectivity index (χ1) is 8.97. The van der Waals surface area contributed by atoms with Gasteiger partial charge in [-0.3, -0.25) is 9.48 Å². The zero-order valence-electron chi connectivity index (χ0n) is 11.7. The van der Waals surface area contributed by atoms with Gasteiger partial charge in [0.05, 0.1) is 11.8 Å². The maximum atomic E-state index is 12.0. The van der Waals surface area contributed by atoms with Gasteiger partial charge in [0.25, 0.3) is 5.56 Å². The lowest BCUT2D eigenvalue weighted by Crippen LogP contribution is -2.27. The molecule has 0 saturated heterocycles. The third-order valence-corrected chi connectivity index (χ3v) is 3.07. The Hall–Kier alpha value is -1.95. The summed E-state index contributed by atoms with van der Waals surface area (Å²) < 4.78 is 1.76. The number of hydrogen-bond donors (Lipinski definition) is 2. The summed E-state index contributed by atoms with van der Waals surface area (Å²) in [6, 6.07) is -0.0583. The van der Waals surface area contributed by atoms with Crippen molar-refractivity contribution in [1.29, 1.82) is 0 Å². The zero-order valence-corrected chi connectivity index (χ0v) is 11.7. The molecule has 2 aromatic rings. The number of rotatable bonds is 4. The first-order valence-electron chi connectivity index (χ1n) is 6.25. The Balaban J connectivity index is 2.12. The van der Waals surface area contributed by atoms with Gasteiger partial charge < -0.3 is 10.3 Å². The lowest BCUT2D eigenvalue weighted by molar-refractivity contribution is 0.562. The van der Waals surface area contributed by atoms with Gasteiger partial charge in [-0.15, -0.1) is 0 Å². The molecule has 0 aliphatic heterocycles. The van der Waals surface area contributed by atoms with Crippen LogP contribution in [0.4, 0.5) is 0 Å². The summed E-state index contributed by atoms with van der Waals surface area (Å²) in [5.41, 5.74) is 2.47. The molecule has 0 fully saturated rings. The van der Waals surface area contributed by atoms with Gasteiger partial charge in [-0.25, -0.2) is 4.98 Å². The summed E-state index contributed by atoms with van der Waals surface area (Å²) >= 11 is 0. The van der Waals surface area contributed by atoms with E-state index in [4.69, 9.17) is 0 Å². The molecular formula is C13H19N5O. The monoisotopic (exact) mass is 261 g/mol. The number of nitrogens with one attached hydrogen (secondary N) is 2. The summed E-state index contributed by atoms with van der Waals surface area (Å²) in [5, 5.41) is 7.43. The van der Waals surface area contributed by atoms with Crippen molar-refractivity contribution in [3.63, 3.8) is 0 Å². The van der Waals surface area contributed by atoms with E-state index < -0.39 is 0 Å². The van der Waals surface area contributed by atoms with Crippen LogP contribution in [0.15, 0.2) is 17.2 Å². The Bertz CT molecular complexity index is 628. The highest BCUT2D eigenvalue weighted by Crippen LogP contribution is 2.11. The van der Waals surface area contributed by atoms with Crippen molar-refractivity contribution in [3.05, 3.63) is 45.4 Å². The zero-order chi connectivity index (χ0) is 14.0. The predicted molar refractivity (Wildman–Crippen MR) is 72.8 cm³/mol. The fraction of sp³-hybridized carbons (Fsp3) is 0.462. The molecule has 0 aromatic carbocycles. The van der Waals surface area contributed by atoms with Gasteiger partial charge in [0.2, 0.25) is 0 Å². The Morgan fingerprint density at radius 3 is 2.79 bits per heavy atom. The molecule has 0 radical (unpaired) electrons. The molecule has 2 rings (SSSR count). The second-order valence-corrected chi connectivity index (χ2v) is 4.78. The smallest absolute Gasteiger partial charge is 0.255 e. The van der Waals surface area contributed by atoms with Gasteiger partial charge in [-0.2, -0.15) is 5.10 Å². The molecule has 0 spiro atoms. The Labute approximate surface area is 111 Å². The van der Waals surface area contributed by atoms with Gasteiger partial charge in [0.1, 0.15) is 5.82 Å². The van der Waals surface area contributed by atoms with Gasteiger partial charge >= 0.3 is 0 Å². The summed E-state index contributed by atoms with van der Waals surface area (Å²) in [4.78, 5) is 19.0. The SMILES string of the molecule is Cc1nc(C)c(C(C)NCc2cnn(C)c2)c(=O)[nH]1. The third kappa shape index (κ3) is 3.08. The topological polar surface area (TPSA) is 75.6 Å². The van der Waals surface area contributed by atoms with Crippen LogP contribution in [0.5, 0.6) is 0 Å².